The molecule has 0 aliphatic carbocycles. The lowest BCUT2D eigenvalue weighted by Gasteiger charge is -2.42. The third kappa shape index (κ3) is 3.89. The summed E-state index contributed by atoms with van der Waals surface area (Å²) in [4.78, 5) is 2.52. The van der Waals surface area contributed by atoms with Crippen LogP contribution in [0.3, 0.4) is 0 Å². The number of aryl methyl sites for hydroxylation is 1. The predicted molar refractivity (Wildman–Crippen MR) is 115 cm³/mol. The Labute approximate surface area is 168 Å². The van der Waals surface area contributed by atoms with E-state index in [2.05, 4.69) is 60.4 Å². The highest BCUT2D eigenvalue weighted by molar-refractivity contribution is 5.37. The Morgan fingerprint density at radius 1 is 0.821 bits per heavy atom. The van der Waals surface area contributed by atoms with Crippen LogP contribution in [-0.2, 0) is 12.1 Å². The molecule has 0 bridgehead atoms. The van der Waals surface area contributed by atoms with Crippen LogP contribution < -0.4 is 0 Å². The van der Waals surface area contributed by atoms with Crippen LogP contribution in [0.4, 0.5) is 0 Å². The van der Waals surface area contributed by atoms with E-state index in [1.54, 1.807) is 0 Å². The molecule has 0 spiro atoms. The number of benzene rings is 3. The predicted octanol–water partition coefficient (Wildman–Crippen LogP) is 5.14. The molecule has 2 heteroatoms. The van der Waals surface area contributed by atoms with E-state index >= 15 is 0 Å². The average molecular weight is 372 g/mol. The molecule has 3 aromatic carbocycles. The van der Waals surface area contributed by atoms with Crippen LogP contribution in [0.1, 0.15) is 35.1 Å². The summed E-state index contributed by atoms with van der Waals surface area (Å²) in [6.07, 6.45) is 1.98. The van der Waals surface area contributed by atoms with Crippen molar-refractivity contribution in [1.29, 1.82) is 0 Å². The van der Waals surface area contributed by atoms with Crippen LogP contribution in [0.15, 0.2) is 84.9 Å². The highest BCUT2D eigenvalue weighted by Gasteiger charge is 2.41. The fraction of sp³-hybridized carbons (Fsp3) is 0.308. The molecule has 0 amide bonds. The SMILES string of the molecule is Cc1cccc(CN2CCC(C(O)(c3ccccc3)c3ccccc3)CC2)c1. The van der Waals surface area contributed by atoms with Crippen molar-refractivity contribution in [3.63, 3.8) is 0 Å². The first kappa shape index (κ1) is 18.9. The van der Waals surface area contributed by atoms with Gasteiger partial charge < -0.3 is 5.11 Å². The summed E-state index contributed by atoms with van der Waals surface area (Å²) in [7, 11) is 0. The summed E-state index contributed by atoms with van der Waals surface area (Å²) in [6, 6.07) is 29.1. The zero-order valence-electron chi connectivity index (χ0n) is 16.6. The third-order valence-electron chi connectivity index (χ3n) is 6.09. The first-order chi connectivity index (χ1) is 13.7. The van der Waals surface area contributed by atoms with Gasteiger partial charge in [-0.25, -0.2) is 0 Å². The molecule has 1 heterocycles. The van der Waals surface area contributed by atoms with Crippen molar-refractivity contribution in [1.82, 2.24) is 4.90 Å². The smallest absolute Gasteiger partial charge is 0.117 e. The zero-order chi connectivity index (χ0) is 19.4. The maximum atomic E-state index is 12.0. The summed E-state index contributed by atoms with van der Waals surface area (Å²) in [5.41, 5.74) is 3.75. The van der Waals surface area contributed by atoms with Gasteiger partial charge in [-0.3, -0.25) is 4.90 Å². The Morgan fingerprint density at radius 3 is 1.93 bits per heavy atom. The number of aliphatic hydroxyl groups is 1. The topological polar surface area (TPSA) is 23.5 Å². The molecule has 1 saturated heterocycles. The maximum Gasteiger partial charge on any atom is 0.117 e. The van der Waals surface area contributed by atoms with Crippen molar-refractivity contribution in [2.45, 2.75) is 31.9 Å². The van der Waals surface area contributed by atoms with Gasteiger partial charge in [0, 0.05) is 6.54 Å². The molecule has 1 fully saturated rings. The normalized spacial score (nSPS) is 16.2. The molecular weight excluding hydrogens is 342 g/mol. The molecule has 0 saturated carbocycles. The molecular formula is C26H29NO. The van der Waals surface area contributed by atoms with Crippen LogP contribution in [0.25, 0.3) is 0 Å². The second-order valence-electron chi connectivity index (χ2n) is 8.04. The van der Waals surface area contributed by atoms with E-state index in [1.807, 2.05) is 36.4 Å². The number of nitrogens with zero attached hydrogens (tertiary/aromatic N) is 1. The van der Waals surface area contributed by atoms with Gasteiger partial charge >= 0.3 is 0 Å². The summed E-state index contributed by atoms with van der Waals surface area (Å²) >= 11 is 0. The van der Waals surface area contributed by atoms with Gasteiger partial charge in [0.2, 0.25) is 0 Å². The van der Waals surface area contributed by atoms with Gasteiger partial charge in [-0.2, -0.15) is 0 Å². The van der Waals surface area contributed by atoms with E-state index in [0.29, 0.717) is 0 Å². The molecule has 28 heavy (non-hydrogen) atoms. The Morgan fingerprint density at radius 2 is 1.39 bits per heavy atom. The fourth-order valence-corrected chi connectivity index (χ4v) is 4.60. The van der Waals surface area contributed by atoms with E-state index in [0.717, 1.165) is 43.6 Å². The zero-order valence-corrected chi connectivity index (χ0v) is 16.6. The summed E-state index contributed by atoms with van der Waals surface area (Å²) < 4.78 is 0. The van der Waals surface area contributed by atoms with Gasteiger partial charge in [-0.15, -0.1) is 0 Å². The Balaban J connectivity index is 1.53. The molecule has 144 valence electrons. The molecule has 0 atom stereocenters. The van der Waals surface area contributed by atoms with Crippen molar-refractivity contribution in [3.05, 3.63) is 107 Å². The van der Waals surface area contributed by atoms with E-state index in [-0.39, 0.29) is 5.92 Å². The average Bonchev–Trinajstić information content (AvgIpc) is 2.75. The highest BCUT2D eigenvalue weighted by Crippen LogP contribution is 2.42. The van der Waals surface area contributed by atoms with Crippen LogP contribution in [0.2, 0.25) is 0 Å². The van der Waals surface area contributed by atoms with Gasteiger partial charge in [0.05, 0.1) is 0 Å². The minimum atomic E-state index is -0.933. The Hall–Kier alpha value is -2.42. The number of piperidine rings is 1. The lowest BCUT2D eigenvalue weighted by Crippen LogP contribution is -2.44. The minimum absolute atomic E-state index is 0.214. The number of hydrogen-bond acceptors (Lipinski definition) is 2. The van der Waals surface area contributed by atoms with Crippen LogP contribution in [0.5, 0.6) is 0 Å². The first-order valence-corrected chi connectivity index (χ1v) is 10.3. The van der Waals surface area contributed by atoms with E-state index in [9.17, 15) is 5.11 Å². The Kier molecular flexibility index (Phi) is 5.61. The van der Waals surface area contributed by atoms with Crippen molar-refractivity contribution < 1.29 is 5.11 Å². The number of likely N-dealkylation sites (tertiary alicyclic amines) is 1. The largest absolute Gasteiger partial charge is 0.380 e. The lowest BCUT2D eigenvalue weighted by atomic mass is 9.72. The molecule has 4 rings (SSSR count). The number of rotatable bonds is 5. The summed E-state index contributed by atoms with van der Waals surface area (Å²) in [5.74, 6) is 0.214. The van der Waals surface area contributed by atoms with E-state index in [4.69, 9.17) is 0 Å². The first-order valence-electron chi connectivity index (χ1n) is 10.3. The molecule has 1 aliphatic rings. The molecule has 0 aromatic heterocycles. The lowest BCUT2D eigenvalue weighted by molar-refractivity contribution is -0.0152. The molecule has 3 aromatic rings. The van der Waals surface area contributed by atoms with Crippen molar-refractivity contribution in [3.8, 4) is 0 Å². The van der Waals surface area contributed by atoms with Crippen LogP contribution in [-0.4, -0.2) is 23.1 Å². The second-order valence-corrected chi connectivity index (χ2v) is 8.04. The van der Waals surface area contributed by atoms with Gasteiger partial charge in [-0.1, -0.05) is 90.5 Å². The van der Waals surface area contributed by atoms with E-state index in [1.165, 1.54) is 11.1 Å². The van der Waals surface area contributed by atoms with Gasteiger partial charge in [-0.05, 0) is 55.5 Å². The second kappa shape index (κ2) is 8.30. The van der Waals surface area contributed by atoms with Crippen LogP contribution in [0, 0.1) is 12.8 Å². The standard InChI is InChI=1S/C26H29NO/c1-21-9-8-10-22(19-21)20-27-17-15-25(16-18-27)26(28,23-11-4-2-5-12-23)24-13-6-3-7-14-24/h2-14,19,25,28H,15-18,20H2,1H3. The van der Waals surface area contributed by atoms with Gasteiger partial charge in [0.1, 0.15) is 5.60 Å². The van der Waals surface area contributed by atoms with Crippen molar-refractivity contribution in [2.75, 3.05) is 13.1 Å². The minimum Gasteiger partial charge on any atom is -0.380 e. The monoisotopic (exact) mass is 371 g/mol. The van der Waals surface area contributed by atoms with Gasteiger partial charge in [0.15, 0.2) is 0 Å². The maximum absolute atomic E-state index is 12.0. The molecule has 0 radical (unpaired) electrons. The summed E-state index contributed by atoms with van der Waals surface area (Å²) in [5, 5.41) is 12.0. The Bertz CT molecular complexity index is 843. The van der Waals surface area contributed by atoms with Crippen molar-refractivity contribution in [2.24, 2.45) is 5.92 Å². The van der Waals surface area contributed by atoms with E-state index < -0.39 is 5.60 Å². The highest BCUT2D eigenvalue weighted by atomic mass is 16.3. The quantitative estimate of drug-likeness (QED) is 0.671. The molecule has 0 unspecified atom stereocenters. The van der Waals surface area contributed by atoms with Crippen molar-refractivity contribution >= 4 is 0 Å². The molecule has 1 aliphatic heterocycles. The molecule has 2 nitrogen and oxygen atoms in total. The molecule has 1 N–H and O–H groups in total. The third-order valence-corrected chi connectivity index (χ3v) is 6.09. The van der Waals surface area contributed by atoms with Gasteiger partial charge in [0.25, 0.3) is 0 Å². The van der Waals surface area contributed by atoms with Crippen LogP contribution >= 0.6 is 0 Å². The fourth-order valence-electron chi connectivity index (χ4n) is 4.60. The number of hydrogen-bond donors (Lipinski definition) is 1. The summed E-state index contributed by atoms with van der Waals surface area (Å²) in [6.45, 7) is 5.17.